The molecule has 1 aliphatic heterocycles. The lowest BCUT2D eigenvalue weighted by Gasteiger charge is -2.36. The number of amides is 1. The van der Waals surface area contributed by atoms with Crippen LogP contribution in [0.4, 0.5) is 0 Å². The van der Waals surface area contributed by atoms with Gasteiger partial charge in [0.1, 0.15) is 0 Å². The number of nitrogens with one attached hydrogen (secondary N) is 1. The molecule has 0 spiro atoms. The van der Waals surface area contributed by atoms with Crippen molar-refractivity contribution in [3.8, 4) is 0 Å². The van der Waals surface area contributed by atoms with E-state index in [1.165, 1.54) is 16.0 Å². The van der Waals surface area contributed by atoms with Gasteiger partial charge in [-0.2, -0.15) is 0 Å². The number of ether oxygens (including phenoxy) is 1. The first-order valence-corrected chi connectivity index (χ1v) is 9.73. The summed E-state index contributed by atoms with van der Waals surface area (Å²) in [7, 11) is 0. The number of benzene rings is 1. The molecular weight excluding hydrogens is 358 g/mol. The van der Waals surface area contributed by atoms with Gasteiger partial charge in [-0.15, -0.1) is 22.7 Å². The van der Waals surface area contributed by atoms with Crippen molar-refractivity contribution in [2.24, 2.45) is 0 Å². The molecule has 1 aromatic carbocycles. The summed E-state index contributed by atoms with van der Waals surface area (Å²) < 4.78 is 8.76. The third-order valence-corrected chi connectivity index (χ3v) is 7.01. The van der Waals surface area contributed by atoms with Crippen LogP contribution in [0.3, 0.4) is 0 Å². The standard InChI is InChI=1S/C18H17NO4S2/c20-15(21)10-18(5-7-23-8-6-18)19-17(22)14-9-13-16(25-14)11-3-1-2-4-12(11)24-13/h1-4,9H,5-8,10H2,(H,19,22)(H,20,21). The molecule has 4 rings (SSSR count). The van der Waals surface area contributed by atoms with Gasteiger partial charge in [-0.1, -0.05) is 18.2 Å². The third kappa shape index (κ3) is 3.15. The highest BCUT2D eigenvalue weighted by Gasteiger charge is 2.37. The van der Waals surface area contributed by atoms with E-state index in [1.807, 2.05) is 18.2 Å². The summed E-state index contributed by atoms with van der Waals surface area (Å²) in [6, 6.07) is 10.1. The Morgan fingerprint density at radius 3 is 2.68 bits per heavy atom. The molecule has 1 fully saturated rings. The molecule has 0 saturated carbocycles. The molecule has 5 nitrogen and oxygen atoms in total. The maximum Gasteiger partial charge on any atom is 0.305 e. The first kappa shape index (κ1) is 16.5. The lowest BCUT2D eigenvalue weighted by molar-refractivity contribution is -0.139. The summed E-state index contributed by atoms with van der Waals surface area (Å²) in [6.07, 6.45) is 0.964. The number of fused-ring (bicyclic) bond motifs is 3. The zero-order valence-corrected chi connectivity index (χ0v) is 15.0. The predicted molar refractivity (Wildman–Crippen MR) is 99.7 cm³/mol. The Morgan fingerprint density at radius 2 is 1.92 bits per heavy atom. The lowest BCUT2D eigenvalue weighted by atomic mass is 9.86. The van der Waals surface area contributed by atoms with Crippen molar-refractivity contribution in [1.82, 2.24) is 5.32 Å². The number of thiophene rings is 2. The fraction of sp³-hybridized carbons (Fsp3) is 0.333. The van der Waals surface area contributed by atoms with Crippen LogP contribution >= 0.6 is 22.7 Å². The molecule has 1 amide bonds. The van der Waals surface area contributed by atoms with Gasteiger partial charge in [0.15, 0.2) is 0 Å². The van der Waals surface area contributed by atoms with E-state index in [2.05, 4.69) is 17.4 Å². The first-order chi connectivity index (χ1) is 12.1. The minimum atomic E-state index is -0.902. The topological polar surface area (TPSA) is 75.6 Å². The van der Waals surface area contributed by atoms with Gasteiger partial charge in [0, 0.05) is 28.0 Å². The molecule has 3 heterocycles. The number of carboxylic acid groups (broad SMARTS) is 1. The average molecular weight is 375 g/mol. The highest BCUT2D eigenvalue weighted by atomic mass is 32.1. The van der Waals surface area contributed by atoms with Crippen molar-refractivity contribution < 1.29 is 19.4 Å². The van der Waals surface area contributed by atoms with E-state index in [0.717, 1.165) is 14.8 Å². The molecule has 1 saturated heterocycles. The second-order valence-corrected chi connectivity index (χ2v) is 8.46. The highest BCUT2D eigenvalue weighted by Crippen LogP contribution is 2.39. The second-order valence-electron chi connectivity index (χ2n) is 6.32. The van der Waals surface area contributed by atoms with Crippen molar-refractivity contribution in [2.75, 3.05) is 13.2 Å². The molecule has 7 heteroatoms. The largest absolute Gasteiger partial charge is 0.481 e. The second kappa shape index (κ2) is 6.40. The quantitative estimate of drug-likeness (QED) is 0.726. The first-order valence-electron chi connectivity index (χ1n) is 8.09. The van der Waals surface area contributed by atoms with E-state index in [-0.39, 0.29) is 12.3 Å². The molecule has 1 aliphatic rings. The van der Waals surface area contributed by atoms with E-state index < -0.39 is 11.5 Å². The smallest absolute Gasteiger partial charge is 0.305 e. The maximum atomic E-state index is 12.8. The summed E-state index contributed by atoms with van der Waals surface area (Å²) in [5.41, 5.74) is -0.722. The number of carbonyl (C=O) groups is 2. The van der Waals surface area contributed by atoms with Gasteiger partial charge in [0.25, 0.3) is 5.91 Å². The Hall–Kier alpha value is -1.96. The van der Waals surface area contributed by atoms with Crippen molar-refractivity contribution in [3.05, 3.63) is 35.2 Å². The van der Waals surface area contributed by atoms with Crippen LogP contribution in [0.5, 0.6) is 0 Å². The van der Waals surface area contributed by atoms with Crippen LogP contribution in [0.15, 0.2) is 30.3 Å². The minimum absolute atomic E-state index is 0.0786. The molecule has 2 aromatic heterocycles. The molecule has 2 N–H and O–H groups in total. The van der Waals surface area contributed by atoms with Gasteiger partial charge in [-0.25, -0.2) is 0 Å². The van der Waals surface area contributed by atoms with Gasteiger partial charge in [-0.3, -0.25) is 9.59 Å². The monoisotopic (exact) mass is 375 g/mol. The van der Waals surface area contributed by atoms with Crippen LogP contribution in [0.2, 0.25) is 0 Å². The zero-order valence-electron chi connectivity index (χ0n) is 13.4. The summed E-state index contributed by atoms with van der Waals surface area (Å²) in [6.45, 7) is 0.940. The SMILES string of the molecule is O=C(O)CC1(NC(=O)c2cc3sc4ccccc4c3s2)CCOCC1. The number of hydrogen-bond acceptors (Lipinski definition) is 5. The summed E-state index contributed by atoms with van der Waals surface area (Å²) in [4.78, 5) is 24.7. The highest BCUT2D eigenvalue weighted by molar-refractivity contribution is 7.33. The van der Waals surface area contributed by atoms with Gasteiger partial charge in [-0.05, 0) is 25.0 Å². The van der Waals surface area contributed by atoms with Gasteiger partial charge < -0.3 is 15.2 Å². The molecule has 0 unspecified atom stereocenters. The molecule has 130 valence electrons. The average Bonchev–Trinajstić information content (AvgIpc) is 3.12. The van der Waals surface area contributed by atoms with E-state index in [9.17, 15) is 14.7 Å². The number of aliphatic carboxylic acids is 1. The van der Waals surface area contributed by atoms with E-state index in [0.29, 0.717) is 30.9 Å². The van der Waals surface area contributed by atoms with Crippen LogP contribution in [0.25, 0.3) is 19.5 Å². The van der Waals surface area contributed by atoms with Crippen molar-refractivity contribution in [3.63, 3.8) is 0 Å². The molecule has 25 heavy (non-hydrogen) atoms. The molecule has 0 radical (unpaired) electrons. The van der Waals surface area contributed by atoms with Gasteiger partial charge >= 0.3 is 5.97 Å². The molecule has 0 atom stereocenters. The molecule has 0 aliphatic carbocycles. The van der Waals surface area contributed by atoms with Crippen molar-refractivity contribution in [1.29, 1.82) is 0 Å². The summed E-state index contributed by atoms with van der Waals surface area (Å²) in [5, 5.41) is 13.4. The van der Waals surface area contributed by atoms with E-state index in [1.54, 1.807) is 11.3 Å². The summed E-state index contributed by atoms with van der Waals surface area (Å²) >= 11 is 3.14. The Labute approximate surface area is 152 Å². The maximum absolute atomic E-state index is 12.8. The Balaban J connectivity index is 1.63. The number of hydrogen-bond donors (Lipinski definition) is 2. The van der Waals surface area contributed by atoms with E-state index >= 15 is 0 Å². The van der Waals surface area contributed by atoms with Crippen LogP contribution < -0.4 is 5.32 Å². The lowest BCUT2D eigenvalue weighted by Crippen LogP contribution is -2.53. The van der Waals surface area contributed by atoms with Gasteiger partial charge in [0.2, 0.25) is 0 Å². The van der Waals surface area contributed by atoms with Crippen LogP contribution in [-0.4, -0.2) is 35.7 Å². The minimum Gasteiger partial charge on any atom is -0.481 e. The zero-order chi connectivity index (χ0) is 17.4. The Bertz CT molecular complexity index is 952. The third-order valence-electron chi connectivity index (χ3n) is 4.59. The normalized spacial score (nSPS) is 17.0. The Morgan fingerprint density at radius 1 is 1.16 bits per heavy atom. The van der Waals surface area contributed by atoms with Crippen LogP contribution in [-0.2, 0) is 9.53 Å². The van der Waals surface area contributed by atoms with Crippen molar-refractivity contribution >= 4 is 54.0 Å². The number of rotatable bonds is 4. The summed E-state index contributed by atoms with van der Waals surface area (Å²) in [5.74, 6) is -1.10. The number of carbonyl (C=O) groups excluding carboxylic acids is 1. The fourth-order valence-electron chi connectivity index (χ4n) is 3.31. The van der Waals surface area contributed by atoms with E-state index in [4.69, 9.17) is 4.74 Å². The number of carboxylic acids is 1. The van der Waals surface area contributed by atoms with Crippen LogP contribution in [0.1, 0.15) is 28.9 Å². The Kier molecular flexibility index (Phi) is 4.23. The predicted octanol–water partition coefficient (Wildman–Crippen LogP) is 3.87. The van der Waals surface area contributed by atoms with Crippen LogP contribution in [0, 0.1) is 0 Å². The van der Waals surface area contributed by atoms with Crippen molar-refractivity contribution in [2.45, 2.75) is 24.8 Å². The molecular formula is C18H17NO4S2. The molecule has 0 bridgehead atoms. The fourth-order valence-corrected chi connectivity index (χ4v) is 5.73. The molecule has 3 aromatic rings. The van der Waals surface area contributed by atoms with Gasteiger partial charge in [0.05, 0.1) is 21.5 Å².